The van der Waals surface area contributed by atoms with Crippen molar-refractivity contribution in [2.24, 2.45) is 5.73 Å². The summed E-state index contributed by atoms with van der Waals surface area (Å²) in [5, 5.41) is 4.23. The number of unbranched alkanes of at least 4 members (excludes halogenated alkanes) is 1. The highest BCUT2D eigenvalue weighted by atomic mass is 19.4. The van der Waals surface area contributed by atoms with Crippen molar-refractivity contribution in [1.29, 1.82) is 0 Å². The molecule has 0 aromatic heterocycles. The third kappa shape index (κ3) is 12.0. The molecule has 0 bridgehead atoms. The van der Waals surface area contributed by atoms with Crippen molar-refractivity contribution in [1.82, 2.24) is 10.6 Å². The Balaban J connectivity index is 4.80. The lowest BCUT2D eigenvalue weighted by Crippen LogP contribution is -2.74. The lowest BCUT2D eigenvalue weighted by molar-refractivity contribution is -0.461. The highest BCUT2D eigenvalue weighted by molar-refractivity contribution is 5.81. The minimum absolute atomic E-state index is 0.0765. The van der Waals surface area contributed by atoms with Gasteiger partial charge in [-0.3, -0.25) is 9.59 Å². The number of hydrogen-bond acceptors (Lipinski definition) is 7. The molecule has 0 aliphatic heterocycles. The van der Waals surface area contributed by atoms with E-state index in [1.807, 2.05) is 0 Å². The maximum absolute atomic E-state index is 14.0. The van der Waals surface area contributed by atoms with E-state index in [4.69, 9.17) is 24.7 Å². The Kier molecular flexibility index (Phi) is 18.8. The van der Waals surface area contributed by atoms with Crippen LogP contribution in [0.4, 0.5) is 74.6 Å². The average Bonchev–Trinajstić information content (AvgIpc) is 3.02. The number of amides is 2. The fraction of sp³-hybridized carbons (Fsp3) is 0.923. The third-order valence-electron chi connectivity index (χ3n) is 6.76. The normalized spacial score (nSPS) is 14.8. The number of methoxy groups -OCH3 is 1. The number of carbonyl (C=O) groups is 2. The van der Waals surface area contributed by atoms with Gasteiger partial charge >= 0.3 is 47.6 Å². The summed E-state index contributed by atoms with van der Waals surface area (Å²) in [5.41, 5.74) is 5.53. The van der Waals surface area contributed by atoms with E-state index < -0.39 is 84.9 Å². The van der Waals surface area contributed by atoms with E-state index in [0.29, 0.717) is 19.8 Å². The molecule has 0 aliphatic carbocycles. The smallest absolute Gasteiger partial charge is 0.382 e. The molecule has 0 rings (SSSR count). The molecule has 52 heavy (non-hydrogen) atoms. The zero-order chi connectivity index (χ0) is 40.9. The molecule has 2 amide bonds. The predicted octanol–water partition coefficient (Wildman–Crippen LogP) is 5.20. The summed E-state index contributed by atoms with van der Waals surface area (Å²) in [7, 11) is 1.51. The lowest BCUT2D eigenvalue weighted by Gasteiger charge is -2.42. The van der Waals surface area contributed by atoms with Crippen LogP contribution >= 0.6 is 0 Å². The van der Waals surface area contributed by atoms with E-state index >= 15 is 0 Å². The largest absolute Gasteiger partial charge is 0.460 e. The summed E-state index contributed by atoms with van der Waals surface area (Å²) >= 11 is 0. The molecule has 0 saturated heterocycles. The molecule has 0 aromatic carbocycles. The summed E-state index contributed by atoms with van der Waals surface area (Å²) in [6.45, 7) is 0.339. The standard InChI is InChI=1S/C26H36F17N3O6/c1-49-9-10-50-11-12-51-13-14-52-15-17(47)45-7-3-2-5-16(44)18(48)46-8-4-6-19(27,28)20(29,30)21(31,32)22(33,34)23(35,36)24(37,38)25(39,40)26(41,42)43/h16H,2-15,44H2,1H3,(H,45,47)(H,46,48)/t16-/m0/s1. The van der Waals surface area contributed by atoms with E-state index in [-0.39, 0.29) is 52.2 Å². The number of ether oxygens (including phenoxy) is 4. The molecule has 0 aliphatic rings. The minimum atomic E-state index is -8.69. The van der Waals surface area contributed by atoms with Gasteiger partial charge in [-0.2, -0.15) is 74.6 Å². The van der Waals surface area contributed by atoms with Gasteiger partial charge in [0.25, 0.3) is 0 Å². The predicted molar refractivity (Wildman–Crippen MR) is 142 cm³/mol. The molecule has 1 atom stereocenters. The van der Waals surface area contributed by atoms with E-state index in [9.17, 15) is 84.2 Å². The van der Waals surface area contributed by atoms with Gasteiger partial charge in [0.1, 0.15) is 6.61 Å². The first-order chi connectivity index (χ1) is 23.5. The van der Waals surface area contributed by atoms with Gasteiger partial charge in [-0.25, -0.2) is 0 Å². The molecule has 0 radical (unpaired) electrons. The summed E-state index contributed by atoms with van der Waals surface area (Å²) in [5.74, 6) is -58.5. The first kappa shape index (κ1) is 49.6. The molecular weight excluding hydrogens is 773 g/mol. The van der Waals surface area contributed by atoms with Crippen molar-refractivity contribution < 1.29 is 103 Å². The molecule has 0 saturated carbocycles. The maximum Gasteiger partial charge on any atom is 0.460 e. The lowest BCUT2D eigenvalue weighted by atomic mass is 9.88. The highest BCUT2D eigenvalue weighted by Crippen LogP contribution is 2.64. The van der Waals surface area contributed by atoms with Gasteiger partial charge in [0.05, 0.1) is 45.7 Å². The van der Waals surface area contributed by atoms with Gasteiger partial charge in [0, 0.05) is 26.6 Å². The van der Waals surface area contributed by atoms with Crippen LogP contribution < -0.4 is 16.4 Å². The molecule has 26 heteroatoms. The molecule has 310 valence electrons. The fourth-order valence-corrected chi connectivity index (χ4v) is 3.65. The molecule has 9 nitrogen and oxygen atoms in total. The van der Waals surface area contributed by atoms with Crippen LogP contribution in [0.25, 0.3) is 0 Å². The van der Waals surface area contributed by atoms with Gasteiger partial charge in [-0.1, -0.05) is 0 Å². The summed E-state index contributed by atoms with van der Waals surface area (Å²) in [6, 6.07) is -1.41. The van der Waals surface area contributed by atoms with Crippen LogP contribution in [0.3, 0.4) is 0 Å². The number of hydrogen-bond donors (Lipinski definition) is 3. The molecular formula is C26H36F17N3O6. The minimum Gasteiger partial charge on any atom is -0.382 e. The van der Waals surface area contributed by atoms with Crippen molar-refractivity contribution in [2.75, 3.05) is 66.4 Å². The number of halogens is 17. The van der Waals surface area contributed by atoms with Gasteiger partial charge in [0.15, 0.2) is 0 Å². The van der Waals surface area contributed by atoms with Gasteiger partial charge in [-0.15, -0.1) is 0 Å². The third-order valence-corrected chi connectivity index (χ3v) is 6.76. The average molecular weight is 810 g/mol. The van der Waals surface area contributed by atoms with Gasteiger partial charge < -0.3 is 35.3 Å². The number of nitrogens with one attached hydrogen (secondary N) is 2. The molecule has 0 fully saturated rings. The maximum atomic E-state index is 14.0. The van der Waals surface area contributed by atoms with Crippen molar-refractivity contribution in [2.45, 2.75) is 85.8 Å². The van der Waals surface area contributed by atoms with Crippen LogP contribution in [0.1, 0.15) is 32.1 Å². The Morgan fingerprint density at radius 2 is 0.981 bits per heavy atom. The second kappa shape index (κ2) is 19.8. The van der Waals surface area contributed by atoms with Crippen LogP contribution in [0.15, 0.2) is 0 Å². The number of alkyl halides is 17. The molecule has 0 unspecified atom stereocenters. The Hall–Kier alpha value is -2.45. The monoisotopic (exact) mass is 809 g/mol. The molecule has 4 N–H and O–H groups in total. The quantitative estimate of drug-likeness (QED) is 0.0771. The highest BCUT2D eigenvalue weighted by Gasteiger charge is 2.95. The molecule has 0 spiro atoms. The topological polar surface area (TPSA) is 121 Å². The van der Waals surface area contributed by atoms with Gasteiger partial charge in [0.2, 0.25) is 11.8 Å². The van der Waals surface area contributed by atoms with Crippen molar-refractivity contribution >= 4 is 11.8 Å². The van der Waals surface area contributed by atoms with Crippen molar-refractivity contribution in [3.63, 3.8) is 0 Å². The Morgan fingerprint density at radius 1 is 0.558 bits per heavy atom. The number of carbonyl (C=O) groups excluding carboxylic acids is 2. The number of rotatable bonds is 27. The first-order valence-electron chi connectivity index (χ1n) is 14.7. The zero-order valence-electron chi connectivity index (χ0n) is 26.9. The Bertz CT molecular complexity index is 1100. The van der Waals surface area contributed by atoms with Crippen LogP contribution in [-0.4, -0.2) is 132 Å². The summed E-state index contributed by atoms with van der Waals surface area (Å²) in [6.07, 6.45) is -11.8. The van der Waals surface area contributed by atoms with Crippen molar-refractivity contribution in [3.8, 4) is 0 Å². The first-order valence-corrected chi connectivity index (χ1v) is 14.7. The molecule has 0 aromatic rings. The van der Waals surface area contributed by atoms with E-state index in [1.54, 1.807) is 5.32 Å². The Labute approximate surface area is 284 Å². The van der Waals surface area contributed by atoms with E-state index in [1.165, 1.54) is 7.11 Å². The van der Waals surface area contributed by atoms with Crippen LogP contribution in [0, 0.1) is 0 Å². The van der Waals surface area contributed by atoms with E-state index in [2.05, 4.69) is 5.32 Å². The van der Waals surface area contributed by atoms with Crippen LogP contribution in [0.5, 0.6) is 0 Å². The summed E-state index contributed by atoms with van der Waals surface area (Å²) < 4.78 is 247. The van der Waals surface area contributed by atoms with E-state index in [0.717, 1.165) is 0 Å². The second-order valence-corrected chi connectivity index (χ2v) is 10.8. The van der Waals surface area contributed by atoms with Crippen LogP contribution in [0.2, 0.25) is 0 Å². The second-order valence-electron chi connectivity index (χ2n) is 10.8. The van der Waals surface area contributed by atoms with Crippen molar-refractivity contribution in [3.05, 3.63) is 0 Å². The molecule has 0 heterocycles. The Morgan fingerprint density at radius 3 is 1.46 bits per heavy atom. The summed E-state index contributed by atoms with van der Waals surface area (Å²) in [4.78, 5) is 23.7. The van der Waals surface area contributed by atoms with Gasteiger partial charge in [-0.05, 0) is 25.7 Å². The SMILES string of the molecule is COCCOCCOCCOCC(=O)NCCCC[C@H](N)C(=O)NCCCC(F)(F)C(F)(F)C(F)(F)C(F)(F)C(F)(F)C(F)(F)C(F)(F)C(F)(F)F. The fourth-order valence-electron chi connectivity index (χ4n) is 3.65. The number of nitrogens with two attached hydrogens (primary N) is 1. The van der Waals surface area contributed by atoms with Crippen LogP contribution in [-0.2, 0) is 28.5 Å². The zero-order valence-corrected chi connectivity index (χ0v) is 26.9.